The topological polar surface area (TPSA) is 27.7 Å². The van der Waals surface area contributed by atoms with Gasteiger partial charge in [-0.2, -0.15) is 0 Å². The van der Waals surface area contributed by atoms with Gasteiger partial charge in [0.1, 0.15) is 35.6 Å². The third kappa shape index (κ3) is 8.62. The van der Waals surface area contributed by atoms with Gasteiger partial charge in [-0.05, 0) is 181 Å². The minimum Gasteiger partial charge on any atom is -0.490 e. The zero-order chi connectivity index (χ0) is 37.2. The highest BCUT2D eigenvalue weighted by Crippen LogP contribution is 2.46. The van der Waals surface area contributed by atoms with E-state index in [0.717, 1.165) is 41.9 Å². The zero-order valence-corrected chi connectivity index (χ0v) is 32.8. The quantitative estimate of drug-likeness (QED) is 0.111. The Kier molecular flexibility index (Phi) is 10.4. The van der Waals surface area contributed by atoms with E-state index in [2.05, 4.69) is 162 Å². The lowest BCUT2D eigenvalue weighted by Crippen LogP contribution is -2.23. The molecule has 54 heavy (non-hydrogen) atoms. The highest BCUT2D eigenvalue weighted by atomic mass is 16.5. The Bertz CT molecular complexity index is 2160. The summed E-state index contributed by atoms with van der Waals surface area (Å²) in [5, 5.41) is 4.95. The van der Waals surface area contributed by atoms with Crippen molar-refractivity contribution < 1.29 is 14.2 Å². The van der Waals surface area contributed by atoms with Crippen molar-refractivity contribution in [3.05, 3.63) is 150 Å². The highest BCUT2D eigenvalue weighted by Gasteiger charge is 2.41. The molecule has 2 aliphatic carbocycles. The van der Waals surface area contributed by atoms with Crippen LogP contribution in [0.2, 0.25) is 0 Å². The Morgan fingerprint density at radius 3 is 1.76 bits per heavy atom. The highest BCUT2D eigenvalue weighted by molar-refractivity contribution is 5.98. The number of fused-ring (bicyclic) bond motifs is 4. The van der Waals surface area contributed by atoms with Crippen LogP contribution in [-0.2, 0) is 6.61 Å². The SMILES string of the molecule is CC(CC(CC(C)c1ccc(OC(C)(C)C)cc1)c1ccc(OC2CC3CCC2C3)cc1)c1ccc(COc2ccc3cc4ccccc4cc3c2)cc1. The van der Waals surface area contributed by atoms with Gasteiger partial charge in [0.05, 0.1) is 0 Å². The summed E-state index contributed by atoms with van der Waals surface area (Å²) in [5.41, 5.74) is 5.10. The van der Waals surface area contributed by atoms with Crippen molar-refractivity contribution in [2.24, 2.45) is 11.8 Å². The van der Waals surface area contributed by atoms with Crippen molar-refractivity contribution in [2.75, 3.05) is 0 Å². The van der Waals surface area contributed by atoms with E-state index in [0.29, 0.717) is 30.5 Å². The normalized spacial score (nSPS) is 19.8. The summed E-state index contributed by atoms with van der Waals surface area (Å²) >= 11 is 0. The summed E-state index contributed by atoms with van der Waals surface area (Å²) in [4.78, 5) is 0. The Balaban J connectivity index is 0.940. The largest absolute Gasteiger partial charge is 0.490 e. The molecule has 6 aromatic carbocycles. The standard InChI is InChI=1S/C51H56O3/c1-34(38-13-10-36(11-14-38)33-52-49-25-20-43-30-41-8-6-7-9-42(41)31-46(43)32-49)26-45(27-35(2)39-16-23-48(24-17-39)54-51(3,4)5)40-18-21-47(22-19-40)53-50-29-37-12-15-44(50)28-37/h6-11,13-14,16-25,30-32,34-35,37,44-45,50H,12,15,26-29,33H2,1-5H3. The van der Waals surface area contributed by atoms with Crippen LogP contribution in [0.4, 0.5) is 0 Å². The van der Waals surface area contributed by atoms with E-state index >= 15 is 0 Å². The van der Waals surface area contributed by atoms with Crippen molar-refractivity contribution in [1.29, 1.82) is 0 Å². The van der Waals surface area contributed by atoms with Gasteiger partial charge < -0.3 is 14.2 Å². The Hall–Kier alpha value is -4.76. The first kappa shape index (κ1) is 36.2. The van der Waals surface area contributed by atoms with Crippen LogP contribution < -0.4 is 14.2 Å². The van der Waals surface area contributed by atoms with Gasteiger partial charge in [0.2, 0.25) is 0 Å². The van der Waals surface area contributed by atoms with Gasteiger partial charge in [0.25, 0.3) is 0 Å². The molecule has 6 aromatic rings. The lowest BCUT2D eigenvalue weighted by molar-refractivity contribution is 0.131. The summed E-state index contributed by atoms with van der Waals surface area (Å²) in [7, 11) is 0. The lowest BCUT2D eigenvalue weighted by atomic mass is 9.79. The maximum absolute atomic E-state index is 6.56. The number of ether oxygens (including phenoxy) is 3. The summed E-state index contributed by atoms with van der Waals surface area (Å²) < 4.78 is 19.0. The molecular weight excluding hydrogens is 661 g/mol. The van der Waals surface area contributed by atoms with Crippen LogP contribution in [-0.4, -0.2) is 11.7 Å². The molecule has 0 radical (unpaired) electrons. The van der Waals surface area contributed by atoms with Gasteiger partial charge in [-0.15, -0.1) is 0 Å². The summed E-state index contributed by atoms with van der Waals surface area (Å²) in [6.07, 6.45) is 7.87. The number of rotatable bonds is 13. The van der Waals surface area contributed by atoms with Gasteiger partial charge in [-0.25, -0.2) is 0 Å². The average molecular weight is 717 g/mol. The zero-order valence-electron chi connectivity index (χ0n) is 32.8. The third-order valence-corrected chi connectivity index (χ3v) is 12.1. The Morgan fingerprint density at radius 2 is 1.15 bits per heavy atom. The Morgan fingerprint density at radius 1 is 0.574 bits per heavy atom. The summed E-state index contributed by atoms with van der Waals surface area (Å²) in [6.45, 7) is 11.6. The summed E-state index contributed by atoms with van der Waals surface area (Å²) in [6, 6.07) is 46.4. The molecule has 0 heterocycles. The van der Waals surface area contributed by atoms with Gasteiger partial charge in [-0.3, -0.25) is 0 Å². The van der Waals surface area contributed by atoms with E-state index in [-0.39, 0.29) is 5.60 Å². The smallest absolute Gasteiger partial charge is 0.120 e. The predicted molar refractivity (Wildman–Crippen MR) is 224 cm³/mol. The molecule has 3 nitrogen and oxygen atoms in total. The first-order chi connectivity index (χ1) is 26.1. The third-order valence-electron chi connectivity index (χ3n) is 12.1. The molecule has 6 atom stereocenters. The number of hydrogen-bond donors (Lipinski definition) is 0. The van der Waals surface area contributed by atoms with Crippen LogP contribution in [0, 0.1) is 11.8 Å². The molecular formula is C51H56O3. The minimum atomic E-state index is -0.208. The fraction of sp³-hybridized carbons (Fsp3) is 0.373. The molecule has 2 aliphatic rings. The second-order valence-electron chi connectivity index (χ2n) is 17.4. The molecule has 0 aromatic heterocycles. The molecule has 6 unspecified atom stereocenters. The van der Waals surface area contributed by atoms with Gasteiger partial charge in [-0.1, -0.05) is 92.7 Å². The molecule has 3 heteroatoms. The number of benzene rings is 6. The molecule has 278 valence electrons. The van der Waals surface area contributed by atoms with Gasteiger partial charge >= 0.3 is 0 Å². The van der Waals surface area contributed by atoms with E-state index in [4.69, 9.17) is 14.2 Å². The van der Waals surface area contributed by atoms with Crippen LogP contribution >= 0.6 is 0 Å². The fourth-order valence-electron chi connectivity index (χ4n) is 9.15. The molecule has 2 bridgehead atoms. The molecule has 2 fully saturated rings. The maximum atomic E-state index is 6.56. The van der Waals surface area contributed by atoms with Crippen LogP contribution in [0.15, 0.2) is 127 Å². The van der Waals surface area contributed by atoms with Crippen molar-refractivity contribution in [3.63, 3.8) is 0 Å². The first-order valence-electron chi connectivity index (χ1n) is 20.3. The molecule has 0 amide bonds. The first-order valence-corrected chi connectivity index (χ1v) is 20.3. The summed E-state index contributed by atoms with van der Waals surface area (Å²) in [5.74, 6) is 5.70. The lowest BCUT2D eigenvalue weighted by Gasteiger charge is -2.27. The molecule has 0 N–H and O–H groups in total. The predicted octanol–water partition coefficient (Wildman–Crippen LogP) is 13.8. The van der Waals surface area contributed by atoms with E-state index < -0.39 is 0 Å². The van der Waals surface area contributed by atoms with E-state index in [1.807, 2.05) is 0 Å². The molecule has 0 saturated heterocycles. The van der Waals surface area contributed by atoms with Crippen LogP contribution in [0.5, 0.6) is 17.2 Å². The second kappa shape index (κ2) is 15.5. The molecule has 2 saturated carbocycles. The maximum Gasteiger partial charge on any atom is 0.120 e. The van der Waals surface area contributed by atoms with Gasteiger partial charge in [0, 0.05) is 0 Å². The van der Waals surface area contributed by atoms with E-state index in [1.54, 1.807) is 0 Å². The molecule has 0 spiro atoms. The second-order valence-corrected chi connectivity index (χ2v) is 17.4. The van der Waals surface area contributed by atoms with E-state index in [9.17, 15) is 0 Å². The fourth-order valence-corrected chi connectivity index (χ4v) is 9.15. The monoisotopic (exact) mass is 716 g/mol. The molecule has 8 rings (SSSR count). The van der Waals surface area contributed by atoms with Crippen LogP contribution in [0.1, 0.15) is 113 Å². The van der Waals surface area contributed by atoms with Crippen molar-refractivity contribution in [2.45, 2.75) is 109 Å². The van der Waals surface area contributed by atoms with Crippen LogP contribution in [0.25, 0.3) is 21.5 Å². The van der Waals surface area contributed by atoms with Crippen molar-refractivity contribution >= 4 is 21.5 Å². The van der Waals surface area contributed by atoms with Gasteiger partial charge in [0.15, 0.2) is 0 Å². The number of hydrogen-bond acceptors (Lipinski definition) is 3. The van der Waals surface area contributed by atoms with Crippen LogP contribution in [0.3, 0.4) is 0 Å². The molecule has 0 aliphatic heterocycles. The van der Waals surface area contributed by atoms with Crippen molar-refractivity contribution in [1.82, 2.24) is 0 Å². The minimum absolute atomic E-state index is 0.208. The van der Waals surface area contributed by atoms with Crippen molar-refractivity contribution in [3.8, 4) is 17.2 Å². The average Bonchev–Trinajstić information content (AvgIpc) is 3.80. The van der Waals surface area contributed by atoms with E-state index in [1.165, 1.54) is 69.5 Å². The Labute approximate surface area is 322 Å².